The third kappa shape index (κ3) is 49.5. The first kappa shape index (κ1) is 63.8. The summed E-state index contributed by atoms with van der Waals surface area (Å²) in [7, 11) is 0. The van der Waals surface area contributed by atoms with E-state index in [1.807, 2.05) is 0 Å². The van der Waals surface area contributed by atoms with E-state index in [-0.39, 0.29) is 481 Å². The van der Waals surface area contributed by atoms with E-state index in [9.17, 15) is 0 Å². The van der Waals surface area contributed by atoms with Crippen molar-refractivity contribution in [3.8, 4) is 0 Å². The molecule has 0 unspecified atom stereocenters. The van der Waals surface area contributed by atoms with Crippen molar-refractivity contribution in [3.05, 3.63) is 0 Å². The molecular formula is K9V. The Morgan fingerprint density at radius 2 is 0.200 bits per heavy atom. The van der Waals surface area contributed by atoms with Gasteiger partial charge < -0.3 is 0 Å². The molecule has 0 aliphatic heterocycles. The van der Waals surface area contributed by atoms with Gasteiger partial charge in [-0.1, -0.05) is 0 Å². The average Bonchev–Trinajstić information content (AvgIpc) is 0. The van der Waals surface area contributed by atoms with Crippen molar-refractivity contribution in [2.24, 2.45) is 0 Å². The Morgan fingerprint density at radius 3 is 0.200 bits per heavy atom. The summed E-state index contributed by atoms with van der Waals surface area (Å²) in [6.07, 6.45) is 0. The van der Waals surface area contributed by atoms with E-state index in [4.69, 9.17) is 0 Å². The van der Waals surface area contributed by atoms with Gasteiger partial charge in [0.2, 0.25) is 0 Å². The molecule has 0 aromatic heterocycles. The van der Waals surface area contributed by atoms with Gasteiger partial charge in [0.25, 0.3) is 0 Å². The topological polar surface area (TPSA) is 0 Å². The van der Waals surface area contributed by atoms with Crippen molar-refractivity contribution in [3.63, 3.8) is 0 Å². The molecule has 0 N–H and O–H groups in total. The fraction of sp³-hybridized carbons (Fsp3) is 0. The third-order valence-corrected chi connectivity index (χ3v) is 0. The normalized spacial score (nSPS) is 0. The first-order valence-electron chi connectivity index (χ1n) is 0. The molecule has 0 spiro atoms. The molecule has 0 amide bonds. The van der Waals surface area contributed by atoms with E-state index in [0.717, 1.165) is 0 Å². The quantitative estimate of drug-likeness (QED) is 0.370. The van der Waals surface area contributed by atoms with Gasteiger partial charge in [-0.2, -0.15) is 0 Å². The Kier molecular flexibility index (Phi) is 360. The van der Waals surface area contributed by atoms with E-state index in [2.05, 4.69) is 0 Å². The van der Waals surface area contributed by atoms with Crippen LogP contribution in [0.2, 0.25) is 0 Å². The molecule has 0 heterocycles. The molecule has 0 aliphatic rings. The minimum absolute atomic E-state index is 0. The van der Waals surface area contributed by atoms with Crippen molar-refractivity contribution >= 4 is 462 Å². The molecule has 0 nitrogen and oxygen atoms in total. The van der Waals surface area contributed by atoms with E-state index >= 15 is 0 Å². The molecule has 0 atom stereocenters. The molecule has 10 heteroatoms. The molecule has 0 rings (SSSR count). The first-order valence-corrected chi connectivity index (χ1v) is 0. The zero-order valence-electron chi connectivity index (χ0n) is 9.45. The van der Waals surface area contributed by atoms with Gasteiger partial charge in [-0.3, -0.25) is 0 Å². The zero-order chi connectivity index (χ0) is 0. The number of rotatable bonds is 0. The van der Waals surface area contributed by atoms with E-state index < -0.39 is 0 Å². The molecule has 10 heavy (non-hydrogen) atoms. The fourth-order valence-corrected chi connectivity index (χ4v) is 0. The van der Waals surface area contributed by atoms with Gasteiger partial charge in [0, 0.05) is 481 Å². The summed E-state index contributed by atoms with van der Waals surface area (Å²) in [5.74, 6) is 0. The van der Waals surface area contributed by atoms with Gasteiger partial charge in [0.1, 0.15) is 0 Å². The summed E-state index contributed by atoms with van der Waals surface area (Å²) in [5.41, 5.74) is 0. The first-order chi connectivity index (χ1) is 0. The monoisotopic (exact) mass is 402 g/mol. The van der Waals surface area contributed by atoms with Crippen LogP contribution >= 0.6 is 0 Å². The molecule has 0 bridgehead atoms. The maximum absolute atomic E-state index is 0. The van der Waals surface area contributed by atoms with Crippen molar-refractivity contribution < 1.29 is 18.6 Å². The molecule has 0 saturated carbocycles. The molecular weight excluding hydrogens is 403 g/mol. The molecule has 10 radical (unpaired) electrons. The Morgan fingerprint density at radius 1 is 0.200 bits per heavy atom. The second-order valence-electron chi connectivity index (χ2n) is 0. The second-order valence-corrected chi connectivity index (χ2v) is 0. The Hall–Kier alpha value is 15.3. The van der Waals surface area contributed by atoms with Crippen LogP contribution in [0.25, 0.3) is 0 Å². The van der Waals surface area contributed by atoms with Crippen molar-refractivity contribution in [2.75, 3.05) is 0 Å². The minimum Gasteiger partial charge on any atom is 0 e. The van der Waals surface area contributed by atoms with Crippen LogP contribution in [-0.2, 0) is 18.6 Å². The van der Waals surface area contributed by atoms with Gasteiger partial charge in [-0.25, -0.2) is 0 Å². The Bertz CT molecular complexity index is 4.69. The summed E-state index contributed by atoms with van der Waals surface area (Å²) >= 11 is 0. The van der Waals surface area contributed by atoms with Crippen LogP contribution in [0, 0.1) is 0 Å². The predicted octanol–water partition coefficient (Wildman–Crippen LogP) is -3.43. The van der Waals surface area contributed by atoms with Crippen LogP contribution in [0.3, 0.4) is 0 Å². The minimum atomic E-state index is 0. The van der Waals surface area contributed by atoms with Crippen LogP contribution in [0.15, 0.2) is 0 Å². The summed E-state index contributed by atoms with van der Waals surface area (Å²) in [6, 6.07) is 0. The van der Waals surface area contributed by atoms with Gasteiger partial charge in [-0.05, 0) is 0 Å². The van der Waals surface area contributed by atoms with E-state index in [1.54, 1.807) is 0 Å². The molecule has 14 valence electrons. The second kappa shape index (κ2) is 56.4. The standard InChI is InChI=1S/9K.V. The SMILES string of the molecule is [K].[K].[K].[K].[K].[K].[K].[K].[K].[V]. The summed E-state index contributed by atoms with van der Waals surface area (Å²) in [5, 5.41) is 0. The van der Waals surface area contributed by atoms with E-state index in [1.165, 1.54) is 0 Å². The van der Waals surface area contributed by atoms with Crippen LogP contribution in [0.4, 0.5) is 0 Å². The number of hydrogen-bond donors (Lipinski definition) is 0. The van der Waals surface area contributed by atoms with Crippen molar-refractivity contribution in [2.45, 2.75) is 0 Å². The summed E-state index contributed by atoms with van der Waals surface area (Å²) in [4.78, 5) is 0. The zero-order valence-corrected chi connectivity index (χ0v) is 39.0. The molecule has 0 aromatic carbocycles. The van der Waals surface area contributed by atoms with Gasteiger partial charge in [-0.15, -0.1) is 0 Å². The van der Waals surface area contributed by atoms with Gasteiger partial charge >= 0.3 is 0 Å². The maximum Gasteiger partial charge on any atom is 0 e. The van der Waals surface area contributed by atoms with Crippen molar-refractivity contribution in [1.29, 1.82) is 0 Å². The number of hydrogen-bond acceptors (Lipinski definition) is 0. The van der Waals surface area contributed by atoms with Crippen molar-refractivity contribution in [1.82, 2.24) is 0 Å². The van der Waals surface area contributed by atoms with Gasteiger partial charge in [0.15, 0.2) is 0 Å². The smallest absolute Gasteiger partial charge is 0 e. The fourth-order valence-electron chi connectivity index (χ4n) is 0. The molecule has 0 fully saturated rings. The predicted molar refractivity (Wildman–Crippen MR) is 51.8 cm³/mol. The summed E-state index contributed by atoms with van der Waals surface area (Å²) < 4.78 is 0. The molecule has 0 saturated heterocycles. The summed E-state index contributed by atoms with van der Waals surface area (Å²) in [6.45, 7) is 0. The maximum atomic E-state index is 0. The largest absolute Gasteiger partial charge is 0 e. The van der Waals surface area contributed by atoms with Crippen LogP contribution in [-0.4, -0.2) is 462 Å². The van der Waals surface area contributed by atoms with Crippen LogP contribution < -0.4 is 0 Å². The van der Waals surface area contributed by atoms with Crippen LogP contribution in [0.1, 0.15) is 0 Å². The Balaban J connectivity index is 0. The van der Waals surface area contributed by atoms with Gasteiger partial charge in [0.05, 0.1) is 0 Å². The Labute approximate surface area is 460 Å². The van der Waals surface area contributed by atoms with E-state index in [0.29, 0.717) is 0 Å². The molecule has 0 aromatic rings. The molecule has 0 aliphatic carbocycles. The third-order valence-electron chi connectivity index (χ3n) is 0. The average molecular weight is 403 g/mol. The van der Waals surface area contributed by atoms with Crippen LogP contribution in [0.5, 0.6) is 0 Å².